The van der Waals surface area contributed by atoms with Crippen LogP contribution in [0.4, 0.5) is 0 Å². The predicted octanol–water partition coefficient (Wildman–Crippen LogP) is 1.19. The van der Waals surface area contributed by atoms with Crippen molar-refractivity contribution in [2.75, 3.05) is 6.61 Å². The van der Waals surface area contributed by atoms with E-state index in [0.29, 0.717) is 12.1 Å². The van der Waals surface area contributed by atoms with E-state index in [2.05, 4.69) is 10.6 Å². The quantitative estimate of drug-likeness (QED) is 0.756. The van der Waals surface area contributed by atoms with Gasteiger partial charge >= 0.3 is 0 Å². The Balaban J connectivity index is 1.57. The molecule has 26 heavy (non-hydrogen) atoms. The number of carbonyl (C=O) groups excluding carboxylic acids is 1. The lowest BCUT2D eigenvalue weighted by Gasteiger charge is -2.23. The summed E-state index contributed by atoms with van der Waals surface area (Å²) >= 11 is 0. The first-order valence-electron chi connectivity index (χ1n) is 9.67. The van der Waals surface area contributed by atoms with Crippen LogP contribution in [0.25, 0.3) is 6.08 Å². The number of nitrogens with one attached hydrogen (secondary N) is 2. The van der Waals surface area contributed by atoms with Crippen molar-refractivity contribution in [2.24, 2.45) is 11.8 Å². The summed E-state index contributed by atoms with van der Waals surface area (Å²) in [6, 6.07) is 3.63. The van der Waals surface area contributed by atoms with Crippen molar-refractivity contribution in [1.29, 1.82) is 0 Å². The van der Waals surface area contributed by atoms with Crippen molar-refractivity contribution in [3.63, 3.8) is 0 Å². The van der Waals surface area contributed by atoms with E-state index in [9.17, 15) is 14.7 Å². The molecule has 1 saturated carbocycles. The van der Waals surface area contributed by atoms with Crippen molar-refractivity contribution < 1.29 is 9.90 Å². The third-order valence-corrected chi connectivity index (χ3v) is 6.26. The summed E-state index contributed by atoms with van der Waals surface area (Å²) in [5, 5.41) is 16.5. The van der Waals surface area contributed by atoms with E-state index in [1.165, 1.54) is 12.8 Å². The zero-order valence-corrected chi connectivity index (χ0v) is 15.1. The maximum absolute atomic E-state index is 12.8. The van der Waals surface area contributed by atoms with Gasteiger partial charge in [0.1, 0.15) is 0 Å². The summed E-state index contributed by atoms with van der Waals surface area (Å²) in [6.07, 6.45) is 8.10. The highest BCUT2D eigenvalue weighted by molar-refractivity contribution is 5.83. The zero-order chi connectivity index (χ0) is 18.3. The van der Waals surface area contributed by atoms with Crippen molar-refractivity contribution >= 4 is 12.0 Å². The Labute approximate surface area is 153 Å². The molecule has 1 aromatic rings. The lowest BCUT2D eigenvalue weighted by atomic mass is 9.88. The topological polar surface area (TPSA) is 83.4 Å². The molecular weight excluding hydrogens is 330 g/mol. The van der Waals surface area contributed by atoms with Crippen LogP contribution in [0.5, 0.6) is 0 Å². The Kier molecular flexibility index (Phi) is 4.71. The largest absolute Gasteiger partial charge is 0.396 e. The fourth-order valence-electron chi connectivity index (χ4n) is 4.94. The van der Waals surface area contributed by atoms with Gasteiger partial charge in [-0.2, -0.15) is 0 Å². The van der Waals surface area contributed by atoms with Gasteiger partial charge in [-0.15, -0.1) is 0 Å². The van der Waals surface area contributed by atoms with Gasteiger partial charge in [-0.1, -0.05) is 25.0 Å². The summed E-state index contributed by atoms with van der Waals surface area (Å²) in [6.45, 7) is 2.39. The second-order valence-corrected chi connectivity index (χ2v) is 7.75. The van der Waals surface area contributed by atoms with E-state index in [1.807, 2.05) is 31.2 Å². The van der Waals surface area contributed by atoms with E-state index in [4.69, 9.17) is 0 Å². The van der Waals surface area contributed by atoms with Gasteiger partial charge in [0.2, 0.25) is 5.91 Å². The smallest absolute Gasteiger partial charge is 0.258 e. The van der Waals surface area contributed by atoms with Crippen LogP contribution in [0.1, 0.15) is 49.9 Å². The normalized spacial score (nSPS) is 30.7. The van der Waals surface area contributed by atoms with Gasteiger partial charge in [-0.3, -0.25) is 14.9 Å². The summed E-state index contributed by atoms with van der Waals surface area (Å²) in [4.78, 5) is 25.4. The van der Waals surface area contributed by atoms with Crippen LogP contribution in [0, 0.1) is 11.8 Å². The number of aromatic nitrogens is 1. The number of hydrogen-bond acceptors (Lipinski definition) is 4. The Bertz CT molecular complexity index is 779. The van der Waals surface area contributed by atoms with E-state index in [0.717, 1.165) is 18.5 Å². The molecule has 4 rings (SSSR count). The molecule has 0 aromatic carbocycles. The molecule has 140 valence electrons. The van der Waals surface area contributed by atoms with Crippen LogP contribution in [0.3, 0.4) is 0 Å². The van der Waals surface area contributed by atoms with Crippen molar-refractivity contribution in [1.82, 2.24) is 15.2 Å². The van der Waals surface area contributed by atoms with Gasteiger partial charge in [0, 0.05) is 42.3 Å². The SMILES string of the molecule is C/C=C\c1ccc2n(c1=O)C[C@H]1[C@H](CO)[C@@H](C(=O)NC3CCCC3)N[C@@H]21. The third-order valence-electron chi connectivity index (χ3n) is 6.26. The van der Waals surface area contributed by atoms with Gasteiger partial charge in [0.05, 0.1) is 12.1 Å². The Morgan fingerprint density at radius 2 is 2.15 bits per heavy atom. The van der Waals surface area contributed by atoms with E-state index < -0.39 is 6.04 Å². The van der Waals surface area contributed by atoms with Crippen molar-refractivity contribution in [3.05, 3.63) is 39.8 Å². The van der Waals surface area contributed by atoms with Crippen LogP contribution in [0.15, 0.2) is 23.0 Å². The second-order valence-electron chi connectivity index (χ2n) is 7.75. The molecule has 1 saturated heterocycles. The summed E-state index contributed by atoms with van der Waals surface area (Å²) in [5.41, 5.74) is 1.59. The van der Waals surface area contributed by atoms with Gasteiger partial charge in [-0.25, -0.2) is 0 Å². The molecule has 1 amide bonds. The number of pyridine rings is 1. The van der Waals surface area contributed by atoms with E-state index in [-0.39, 0.29) is 42.0 Å². The van der Waals surface area contributed by atoms with Crippen molar-refractivity contribution in [3.8, 4) is 0 Å². The Morgan fingerprint density at radius 1 is 1.38 bits per heavy atom. The molecule has 1 aliphatic carbocycles. The Hall–Kier alpha value is -1.92. The van der Waals surface area contributed by atoms with E-state index in [1.54, 1.807) is 4.57 Å². The maximum Gasteiger partial charge on any atom is 0.258 e. The third kappa shape index (κ3) is 2.81. The molecule has 2 fully saturated rings. The molecule has 6 nitrogen and oxygen atoms in total. The highest BCUT2D eigenvalue weighted by atomic mass is 16.3. The van der Waals surface area contributed by atoms with Gasteiger partial charge in [0.25, 0.3) is 5.56 Å². The fraction of sp³-hybridized carbons (Fsp3) is 0.600. The first-order valence-corrected chi connectivity index (χ1v) is 9.67. The molecule has 1 aromatic heterocycles. The van der Waals surface area contributed by atoms with E-state index >= 15 is 0 Å². The number of hydrogen-bond donors (Lipinski definition) is 3. The van der Waals surface area contributed by atoms with Gasteiger partial charge < -0.3 is 15.0 Å². The number of rotatable bonds is 4. The summed E-state index contributed by atoms with van der Waals surface area (Å²) in [5.74, 6) is -0.122. The average molecular weight is 357 g/mol. The van der Waals surface area contributed by atoms with Crippen LogP contribution >= 0.6 is 0 Å². The van der Waals surface area contributed by atoms with Crippen LogP contribution in [-0.2, 0) is 11.3 Å². The first kappa shape index (κ1) is 17.5. The van der Waals surface area contributed by atoms with Gasteiger partial charge in [0.15, 0.2) is 0 Å². The number of amides is 1. The standard InChI is InChI=1S/C20H27N3O3/c1-2-5-12-8-9-16-17-14(10-23(16)20(12)26)15(11-24)18(22-17)19(25)21-13-6-3-4-7-13/h2,5,8-9,13-15,17-18,22,24H,3-4,6-7,10-11H2,1H3,(H,21,25)/b5-2-/t14-,15-,17+,18-/m0/s1. The molecule has 3 heterocycles. The Morgan fingerprint density at radius 3 is 2.85 bits per heavy atom. The number of fused-ring (bicyclic) bond motifs is 3. The summed E-state index contributed by atoms with van der Waals surface area (Å²) < 4.78 is 1.80. The average Bonchev–Trinajstić information content (AvgIpc) is 3.32. The first-order chi connectivity index (χ1) is 12.6. The number of carbonyl (C=O) groups is 1. The van der Waals surface area contributed by atoms with Crippen LogP contribution in [0.2, 0.25) is 0 Å². The summed E-state index contributed by atoms with van der Waals surface area (Å²) in [7, 11) is 0. The molecule has 0 radical (unpaired) electrons. The molecule has 0 bridgehead atoms. The molecule has 6 heteroatoms. The molecule has 2 aliphatic heterocycles. The second kappa shape index (κ2) is 7.00. The number of nitrogens with zero attached hydrogens (tertiary/aromatic N) is 1. The zero-order valence-electron chi connectivity index (χ0n) is 15.1. The highest BCUT2D eigenvalue weighted by Gasteiger charge is 2.50. The highest BCUT2D eigenvalue weighted by Crippen LogP contribution is 2.42. The number of aliphatic hydroxyl groups is 1. The molecule has 3 aliphatic rings. The molecule has 0 unspecified atom stereocenters. The minimum atomic E-state index is -0.394. The molecular formula is C20H27N3O3. The maximum atomic E-state index is 12.8. The fourth-order valence-corrected chi connectivity index (χ4v) is 4.94. The van der Waals surface area contributed by atoms with Crippen LogP contribution < -0.4 is 16.2 Å². The number of allylic oxidation sites excluding steroid dienone is 1. The predicted molar refractivity (Wildman–Crippen MR) is 99.5 cm³/mol. The molecule has 3 N–H and O–H groups in total. The minimum Gasteiger partial charge on any atom is -0.396 e. The lowest BCUT2D eigenvalue weighted by molar-refractivity contribution is -0.125. The lowest BCUT2D eigenvalue weighted by Crippen LogP contribution is -2.48. The van der Waals surface area contributed by atoms with Crippen LogP contribution in [-0.4, -0.2) is 34.3 Å². The molecule has 4 atom stereocenters. The molecule has 0 spiro atoms. The van der Waals surface area contributed by atoms with Crippen molar-refractivity contribution in [2.45, 2.75) is 57.3 Å². The van der Waals surface area contributed by atoms with Gasteiger partial charge in [-0.05, 0) is 31.9 Å². The minimum absolute atomic E-state index is 0.000414. The number of aliphatic hydroxyl groups excluding tert-OH is 1. The monoisotopic (exact) mass is 357 g/mol.